The van der Waals surface area contributed by atoms with E-state index in [1.165, 1.54) is 317 Å². The van der Waals surface area contributed by atoms with Gasteiger partial charge < -0.3 is 21.3 Å². The smallest absolute Gasteiger partial charge is 0.243 e. The molecule has 0 aromatic carbocycles. The first kappa shape index (κ1) is 80.6. The van der Waals surface area contributed by atoms with Gasteiger partial charge in [0.2, 0.25) is 23.6 Å². The average Bonchev–Trinajstić information content (AvgIpc) is 3.48. The number of hydrogen-bond donors (Lipinski definition) is 4. The van der Waals surface area contributed by atoms with Crippen molar-refractivity contribution >= 4 is 45.2 Å². The van der Waals surface area contributed by atoms with E-state index in [0.717, 1.165) is 64.2 Å². The van der Waals surface area contributed by atoms with Gasteiger partial charge in [-0.05, 0) is 25.7 Å². The predicted octanol–water partition coefficient (Wildman–Crippen LogP) is 22.3. The fraction of sp³-hybridized carbons (Fsp3) is 0.944. The SMILES string of the molecule is CCCCCCCCCCCCCCCCNC(=O)C(CSSCC(NC(=O)CCCCCCCCCCCCCCCC)C(=O)NCCCCCCCCCCCCCCCC)NC(=O)CCCCCCCCCCCCCCCC. The summed E-state index contributed by atoms with van der Waals surface area (Å²) in [5.74, 6) is 0.442. The molecule has 0 fully saturated rings. The Morgan fingerprint density at radius 2 is 0.415 bits per heavy atom. The van der Waals surface area contributed by atoms with Gasteiger partial charge >= 0.3 is 0 Å². The Morgan fingerprint density at radius 1 is 0.244 bits per heavy atom. The van der Waals surface area contributed by atoms with Gasteiger partial charge in [-0.15, -0.1) is 0 Å². The highest BCUT2D eigenvalue weighted by Gasteiger charge is 2.24. The van der Waals surface area contributed by atoms with Crippen molar-refractivity contribution in [2.24, 2.45) is 0 Å². The van der Waals surface area contributed by atoms with E-state index in [0.29, 0.717) is 37.4 Å². The summed E-state index contributed by atoms with van der Waals surface area (Å²) in [4.78, 5) is 54.2. The Labute approximate surface area is 519 Å². The number of hydrogen-bond acceptors (Lipinski definition) is 6. The van der Waals surface area contributed by atoms with Crippen LogP contribution in [0.1, 0.15) is 400 Å². The molecule has 0 aromatic heterocycles. The van der Waals surface area contributed by atoms with E-state index in [1.807, 2.05) is 0 Å². The normalized spacial score (nSPS) is 12.2. The third kappa shape index (κ3) is 61.7. The first-order valence-corrected chi connectivity index (χ1v) is 39.3. The third-order valence-corrected chi connectivity index (χ3v) is 19.5. The molecule has 2 atom stereocenters. The summed E-state index contributed by atoms with van der Waals surface area (Å²) in [6, 6.07) is -1.29. The molecule has 10 heteroatoms. The van der Waals surface area contributed by atoms with Crippen molar-refractivity contribution in [3.05, 3.63) is 0 Å². The lowest BCUT2D eigenvalue weighted by Gasteiger charge is -2.20. The number of nitrogens with one attached hydrogen (secondary N) is 4. The molecule has 0 aromatic rings. The zero-order valence-corrected chi connectivity index (χ0v) is 57.1. The highest BCUT2D eigenvalue weighted by Crippen LogP contribution is 2.24. The average molecular weight is 1190 g/mol. The Kier molecular flexibility index (Phi) is 67.5. The molecule has 82 heavy (non-hydrogen) atoms. The van der Waals surface area contributed by atoms with Crippen LogP contribution in [0.2, 0.25) is 0 Å². The van der Waals surface area contributed by atoms with Crippen molar-refractivity contribution in [2.75, 3.05) is 24.6 Å². The monoisotopic (exact) mass is 1190 g/mol. The van der Waals surface area contributed by atoms with E-state index in [9.17, 15) is 19.2 Å². The first-order chi connectivity index (χ1) is 40.4. The van der Waals surface area contributed by atoms with Gasteiger partial charge in [0.05, 0.1) is 0 Å². The molecule has 2 unspecified atom stereocenters. The number of unbranched alkanes of at least 4 members (excludes halogenated alkanes) is 52. The second-order valence-electron chi connectivity index (χ2n) is 25.3. The molecule has 0 aliphatic carbocycles. The van der Waals surface area contributed by atoms with Gasteiger partial charge in [-0.2, -0.15) is 0 Å². The van der Waals surface area contributed by atoms with Crippen molar-refractivity contribution in [2.45, 2.75) is 412 Å². The van der Waals surface area contributed by atoms with E-state index >= 15 is 0 Å². The third-order valence-electron chi connectivity index (χ3n) is 17.0. The van der Waals surface area contributed by atoms with E-state index < -0.39 is 12.1 Å². The number of amides is 4. The lowest BCUT2D eigenvalue weighted by Crippen LogP contribution is -2.49. The highest BCUT2D eigenvalue weighted by molar-refractivity contribution is 8.76. The summed E-state index contributed by atoms with van der Waals surface area (Å²) in [7, 11) is 3.03. The number of carbonyl (C=O) groups excluding carboxylic acids is 4. The minimum Gasteiger partial charge on any atom is -0.354 e. The van der Waals surface area contributed by atoms with Gasteiger partial charge in [-0.1, -0.05) is 383 Å². The molecule has 0 radical (unpaired) electrons. The van der Waals surface area contributed by atoms with E-state index in [2.05, 4.69) is 49.0 Å². The zero-order chi connectivity index (χ0) is 59.5. The summed E-state index contributed by atoms with van der Waals surface area (Å²) in [5, 5.41) is 12.5. The van der Waals surface area contributed by atoms with Crippen molar-refractivity contribution in [1.82, 2.24) is 21.3 Å². The fourth-order valence-electron chi connectivity index (χ4n) is 11.4. The van der Waals surface area contributed by atoms with Crippen LogP contribution in [0.4, 0.5) is 0 Å². The van der Waals surface area contributed by atoms with Crippen molar-refractivity contribution < 1.29 is 19.2 Å². The topological polar surface area (TPSA) is 116 Å². The zero-order valence-electron chi connectivity index (χ0n) is 55.4. The maximum atomic E-state index is 13.7. The van der Waals surface area contributed by atoms with Crippen molar-refractivity contribution in [3.8, 4) is 0 Å². The molecule has 0 heterocycles. The molecule has 4 N–H and O–H groups in total. The molecule has 4 amide bonds. The summed E-state index contributed by atoms with van der Waals surface area (Å²) < 4.78 is 0. The highest BCUT2D eigenvalue weighted by atomic mass is 33.1. The lowest BCUT2D eigenvalue weighted by atomic mass is 10.0. The van der Waals surface area contributed by atoms with Gasteiger partial charge in [0.25, 0.3) is 0 Å². The van der Waals surface area contributed by atoms with E-state index in [-0.39, 0.29) is 23.6 Å². The van der Waals surface area contributed by atoms with Crippen molar-refractivity contribution in [3.63, 3.8) is 0 Å². The van der Waals surface area contributed by atoms with E-state index in [1.54, 1.807) is 0 Å². The first-order valence-electron chi connectivity index (χ1n) is 36.8. The van der Waals surface area contributed by atoms with Crippen LogP contribution in [0.3, 0.4) is 0 Å². The minimum absolute atomic E-state index is 0.0577. The van der Waals surface area contributed by atoms with Crippen molar-refractivity contribution in [1.29, 1.82) is 0 Å². The number of rotatable bonds is 69. The Morgan fingerprint density at radius 3 is 0.610 bits per heavy atom. The van der Waals surface area contributed by atoms with Gasteiger partial charge in [-0.25, -0.2) is 0 Å². The molecule has 0 bridgehead atoms. The van der Waals surface area contributed by atoms with Crippen LogP contribution in [0, 0.1) is 0 Å². The molecule has 0 saturated carbocycles. The fourth-order valence-corrected chi connectivity index (χ4v) is 13.7. The van der Waals surface area contributed by atoms with E-state index in [4.69, 9.17) is 0 Å². The summed E-state index contributed by atoms with van der Waals surface area (Å²) in [6.45, 7) is 10.4. The summed E-state index contributed by atoms with van der Waals surface area (Å²) in [5.41, 5.74) is 0. The Hall–Kier alpha value is -1.42. The molecule has 0 aliphatic rings. The van der Waals surface area contributed by atoms with Crippen LogP contribution >= 0.6 is 21.6 Å². The minimum atomic E-state index is -0.647. The van der Waals surface area contributed by atoms with Gasteiger partial charge in [0, 0.05) is 37.4 Å². The molecule has 0 saturated heterocycles. The largest absolute Gasteiger partial charge is 0.354 e. The van der Waals surface area contributed by atoms with Crippen LogP contribution in [-0.4, -0.2) is 60.3 Å². The Bertz CT molecular complexity index is 1240. The molecular formula is C72H142N4O4S2. The Balaban J connectivity index is 5.16. The van der Waals surface area contributed by atoms with Crippen LogP contribution in [-0.2, 0) is 19.2 Å². The molecular weight excluding hydrogens is 1050 g/mol. The quantitative estimate of drug-likeness (QED) is 0.0356. The summed E-state index contributed by atoms with van der Waals surface area (Å²) >= 11 is 0. The standard InChI is InChI=1S/C72H142N4O4S2/c1-5-9-13-17-21-25-29-33-37-41-45-49-53-57-61-69(77)75-67(71(79)73-63-59-55-51-47-43-39-35-31-27-23-19-15-11-7-3)65-81-82-66-68(72(80)74-64-60-56-52-48-44-40-36-32-28-24-20-16-12-8-4)76-70(78)62-58-54-50-46-42-38-34-30-26-22-18-14-10-6-2/h67-68H,5-66H2,1-4H3,(H,73,79)(H,74,80)(H,75,77)(H,76,78). The molecule has 0 spiro atoms. The van der Waals surface area contributed by atoms with Crippen LogP contribution in [0.25, 0.3) is 0 Å². The van der Waals surface area contributed by atoms with Crippen LogP contribution in [0.5, 0.6) is 0 Å². The maximum Gasteiger partial charge on any atom is 0.243 e. The lowest BCUT2D eigenvalue weighted by molar-refractivity contribution is -0.128. The summed E-state index contributed by atoms with van der Waals surface area (Å²) in [6.07, 6.45) is 72.8. The van der Waals surface area contributed by atoms with Gasteiger partial charge in [0.1, 0.15) is 12.1 Å². The molecule has 486 valence electrons. The molecule has 0 aliphatic heterocycles. The molecule has 0 rings (SSSR count). The molecule has 8 nitrogen and oxygen atoms in total. The van der Waals surface area contributed by atoms with Gasteiger partial charge in [-0.3, -0.25) is 19.2 Å². The van der Waals surface area contributed by atoms with Crippen LogP contribution < -0.4 is 21.3 Å². The second kappa shape index (κ2) is 68.7. The second-order valence-corrected chi connectivity index (χ2v) is 27.8. The predicted molar refractivity (Wildman–Crippen MR) is 365 cm³/mol. The van der Waals surface area contributed by atoms with Crippen LogP contribution in [0.15, 0.2) is 0 Å². The van der Waals surface area contributed by atoms with Gasteiger partial charge in [0.15, 0.2) is 0 Å². The number of carbonyl (C=O) groups is 4. The maximum absolute atomic E-state index is 13.7.